The highest BCUT2D eigenvalue weighted by atomic mass is 32.2. The number of thioether (sulfide) groups is 1. The molecule has 0 aliphatic carbocycles. The number of nitrogens with one attached hydrogen (secondary N) is 1. The molecule has 0 unspecified atom stereocenters. The van der Waals surface area contributed by atoms with E-state index in [0.29, 0.717) is 4.91 Å². The minimum absolute atomic E-state index is 0.0951. The first kappa shape index (κ1) is 19.6. The van der Waals surface area contributed by atoms with Crippen LogP contribution in [0.25, 0.3) is 6.08 Å². The first-order chi connectivity index (χ1) is 13.3. The Labute approximate surface area is 167 Å². The van der Waals surface area contributed by atoms with Crippen molar-refractivity contribution in [1.82, 2.24) is 4.90 Å². The van der Waals surface area contributed by atoms with E-state index < -0.39 is 28.8 Å². The molecule has 1 aromatic carbocycles. The number of carbonyl (C=O) groups is 4. The molecule has 3 amide bonds. The quantitative estimate of drug-likeness (QED) is 0.486. The number of rotatable bonds is 6. The second-order valence-corrected chi connectivity index (χ2v) is 7.66. The number of aromatic carboxylic acids is 1. The maximum Gasteiger partial charge on any atom is 0.339 e. The SMILES string of the molecule is O=C(CCN1C(=O)S/C(=C\c2cccs2)C1=O)Nc1ccc(O)c(C(=O)O)c1. The molecule has 1 saturated heterocycles. The second kappa shape index (κ2) is 8.28. The smallest absolute Gasteiger partial charge is 0.339 e. The molecule has 2 heterocycles. The van der Waals surface area contributed by atoms with Crippen molar-refractivity contribution in [3.63, 3.8) is 0 Å². The van der Waals surface area contributed by atoms with Crippen LogP contribution in [0.4, 0.5) is 10.5 Å². The molecular formula is C18H14N2O6S2. The number of hydrogen-bond acceptors (Lipinski definition) is 7. The van der Waals surface area contributed by atoms with Crippen molar-refractivity contribution in [2.75, 3.05) is 11.9 Å². The van der Waals surface area contributed by atoms with E-state index in [1.807, 2.05) is 17.5 Å². The average molecular weight is 418 g/mol. The van der Waals surface area contributed by atoms with E-state index in [1.54, 1.807) is 6.08 Å². The number of imide groups is 1. The van der Waals surface area contributed by atoms with Gasteiger partial charge >= 0.3 is 5.97 Å². The lowest BCUT2D eigenvalue weighted by Gasteiger charge is -2.12. The maximum absolute atomic E-state index is 12.4. The summed E-state index contributed by atoms with van der Waals surface area (Å²) in [7, 11) is 0. The number of amides is 3. The minimum atomic E-state index is -1.33. The van der Waals surface area contributed by atoms with E-state index in [1.165, 1.54) is 17.4 Å². The van der Waals surface area contributed by atoms with Gasteiger partial charge in [0.1, 0.15) is 11.3 Å². The van der Waals surface area contributed by atoms with E-state index in [9.17, 15) is 24.3 Å². The Hall–Kier alpha value is -3.11. The molecule has 3 N–H and O–H groups in total. The van der Waals surface area contributed by atoms with Gasteiger partial charge in [0.2, 0.25) is 5.91 Å². The predicted octanol–water partition coefficient (Wildman–Crippen LogP) is 3.22. The monoisotopic (exact) mass is 418 g/mol. The number of anilines is 1. The van der Waals surface area contributed by atoms with Crippen molar-refractivity contribution in [1.29, 1.82) is 0 Å². The van der Waals surface area contributed by atoms with Gasteiger partial charge in [0, 0.05) is 23.5 Å². The van der Waals surface area contributed by atoms with Crippen molar-refractivity contribution in [3.8, 4) is 5.75 Å². The topological polar surface area (TPSA) is 124 Å². The number of thiophene rings is 1. The van der Waals surface area contributed by atoms with Gasteiger partial charge in [0.05, 0.1) is 4.91 Å². The minimum Gasteiger partial charge on any atom is -0.507 e. The second-order valence-electron chi connectivity index (χ2n) is 5.68. The van der Waals surface area contributed by atoms with Crippen LogP contribution >= 0.6 is 23.1 Å². The van der Waals surface area contributed by atoms with Gasteiger partial charge in [0.25, 0.3) is 11.1 Å². The van der Waals surface area contributed by atoms with Crippen molar-refractivity contribution in [2.45, 2.75) is 6.42 Å². The van der Waals surface area contributed by atoms with E-state index in [-0.39, 0.29) is 24.2 Å². The number of carbonyl (C=O) groups excluding carboxylic acids is 3. The van der Waals surface area contributed by atoms with Gasteiger partial charge in [-0.2, -0.15) is 0 Å². The lowest BCUT2D eigenvalue weighted by molar-refractivity contribution is -0.123. The fraction of sp³-hybridized carbons (Fsp3) is 0.111. The Morgan fingerprint density at radius 1 is 1.21 bits per heavy atom. The van der Waals surface area contributed by atoms with Gasteiger partial charge in [-0.1, -0.05) is 6.07 Å². The Morgan fingerprint density at radius 2 is 2.00 bits per heavy atom. The van der Waals surface area contributed by atoms with Crippen LogP contribution in [0.5, 0.6) is 5.75 Å². The molecule has 10 heteroatoms. The summed E-state index contributed by atoms with van der Waals surface area (Å²) in [6.07, 6.45) is 1.49. The van der Waals surface area contributed by atoms with E-state index in [4.69, 9.17) is 5.11 Å². The Kier molecular flexibility index (Phi) is 5.81. The number of nitrogens with zero attached hydrogens (tertiary/aromatic N) is 1. The van der Waals surface area contributed by atoms with Crippen LogP contribution in [0, 0.1) is 0 Å². The molecule has 2 aromatic rings. The Morgan fingerprint density at radius 3 is 2.68 bits per heavy atom. The number of hydrogen-bond donors (Lipinski definition) is 3. The summed E-state index contributed by atoms with van der Waals surface area (Å²) >= 11 is 2.27. The lowest BCUT2D eigenvalue weighted by atomic mass is 10.1. The summed E-state index contributed by atoms with van der Waals surface area (Å²) in [6.45, 7) is -0.0951. The molecule has 144 valence electrons. The first-order valence-corrected chi connectivity index (χ1v) is 9.70. The van der Waals surface area contributed by atoms with Gasteiger partial charge < -0.3 is 15.5 Å². The zero-order valence-corrected chi connectivity index (χ0v) is 15.9. The summed E-state index contributed by atoms with van der Waals surface area (Å²) in [5.74, 6) is -2.69. The van der Waals surface area contributed by atoms with Crippen LogP contribution in [0.1, 0.15) is 21.7 Å². The average Bonchev–Trinajstić information content (AvgIpc) is 3.24. The molecule has 0 radical (unpaired) electrons. The van der Waals surface area contributed by atoms with Crippen molar-refractivity contribution >= 4 is 57.9 Å². The number of carboxylic acids is 1. The van der Waals surface area contributed by atoms with Crippen LogP contribution in [0.2, 0.25) is 0 Å². The van der Waals surface area contributed by atoms with E-state index in [0.717, 1.165) is 33.7 Å². The highest BCUT2D eigenvalue weighted by Gasteiger charge is 2.35. The molecule has 1 aromatic heterocycles. The molecule has 0 saturated carbocycles. The Bertz CT molecular complexity index is 984. The predicted molar refractivity (Wildman–Crippen MR) is 105 cm³/mol. The molecule has 1 fully saturated rings. The van der Waals surface area contributed by atoms with Crippen LogP contribution in [-0.4, -0.2) is 44.7 Å². The van der Waals surface area contributed by atoms with Crippen molar-refractivity contribution in [2.24, 2.45) is 0 Å². The van der Waals surface area contributed by atoms with Gasteiger partial charge in [-0.25, -0.2) is 4.79 Å². The number of carboxylic acid groups (broad SMARTS) is 1. The molecule has 1 aliphatic rings. The maximum atomic E-state index is 12.4. The third kappa shape index (κ3) is 4.41. The molecule has 3 rings (SSSR count). The highest BCUT2D eigenvalue weighted by Crippen LogP contribution is 2.33. The summed E-state index contributed by atoms with van der Waals surface area (Å²) < 4.78 is 0. The molecule has 28 heavy (non-hydrogen) atoms. The lowest BCUT2D eigenvalue weighted by Crippen LogP contribution is -2.31. The summed E-state index contributed by atoms with van der Waals surface area (Å²) in [4.78, 5) is 49.7. The normalized spacial score (nSPS) is 15.3. The molecule has 1 aliphatic heterocycles. The summed E-state index contributed by atoms with van der Waals surface area (Å²) in [6, 6.07) is 7.30. The van der Waals surface area contributed by atoms with Gasteiger partial charge in [-0.3, -0.25) is 19.3 Å². The molecule has 0 atom stereocenters. The van der Waals surface area contributed by atoms with Crippen molar-refractivity contribution < 1.29 is 29.4 Å². The third-order valence-electron chi connectivity index (χ3n) is 3.76. The zero-order chi connectivity index (χ0) is 20.3. The van der Waals surface area contributed by atoms with Crippen LogP contribution in [0.15, 0.2) is 40.6 Å². The summed E-state index contributed by atoms with van der Waals surface area (Å²) in [5.41, 5.74) is -0.158. The first-order valence-electron chi connectivity index (χ1n) is 8.00. The van der Waals surface area contributed by atoms with Gasteiger partial charge in [-0.05, 0) is 47.5 Å². The number of benzene rings is 1. The number of phenols is 1. The van der Waals surface area contributed by atoms with Crippen LogP contribution < -0.4 is 5.32 Å². The van der Waals surface area contributed by atoms with Crippen LogP contribution in [0.3, 0.4) is 0 Å². The standard InChI is InChI=1S/C18H14N2O6S2/c21-13-4-3-10(8-12(13)17(24)25)19-15(22)5-6-20-16(23)14(28-18(20)26)9-11-2-1-7-27-11/h1-4,7-9,21H,5-6H2,(H,19,22)(H,24,25)/b14-9-. The highest BCUT2D eigenvalue weighted by molar-refractivity contribution is 8.18. The molecular weight excluding hydrogens is 404 g/mol. The third-order valence-corrected chi connectivity index (χ3v) is 5.49. The fourth-order valence-corrected chi connectivity index (χ4v) is 4.01. The Balaban J connectivity index is 1.60. The van der Waals surface area contributed by atoms with Crippen LogP contribution in [-0.2, 0) is 9.59 Å². The zero-order valence-electron chi connectivity index (χ0n) is 14.2. The summed E-state index contributed by atoms with van der Waals surface area (Å²) in [5, 5.41) is 22.4. The van der Waals surface area contributed by atoms with Gasteiger partial charge in [0.15, 0.2) is 0 Å². The largest absolute Gasteiger partial charge is 0.507 e. The fourth-order valence-electron chi connectivity index (χ4n) is 2.42. The number of aromatic hydroxyl groups is 1. The van der Waals surface area contributed by atoms with Crippen molar-refractivity contribution in [3.05, 3.63) is 51.1 Å². The molecule has 0 spiro atoms. The van der Waals surface area contributed by atoms with E-state index in [2.05, 4.69) is 5.32 Å². The molecule has 0 bridgehead atoms. The van der Waals surface area contributed by atoms with Gasteiger partial charge in [-0.15, -0.1) is 11.3 Å². The van der Waals surface area contributed by atoms with E-state index >= 15 is 0 Å². The molecule has 8 nitrogen and oxygen atoms in total.